The van der Waals surface area contributed by atoms with Gasteiger partial charge in [0.05, 0.1) is 11.3 Å². The number of alkyl halides is 3. The van der Waals surface area contributed by atoms with Crippen molar-refractivity contribution in [1.29, 1.82) is 0 Å². The van der Waals surface area contributed by atoms with Crippen LogP contribution in [0, 0.1) is 0 Å². The Morgan fingerprint density at radius 3 is 2.08 bits per heavy atom. The third-order valence-corrected chi connectivity index (χ3v) is 3.41. The van der Waals surface area contributed by atoms with Crippen LogP contribution >= 0.6 is 23.2 Å². The topological polar surface area (TPSA) is 58.2 Å². The summed E-state index contributed by atoms with van der Waals surface area (Å²) in [5, 5.41) is 5.05. The molecule has 4 nitrogen and oxygen atoms in total. The molecule has 2 amide bonds. The van der Waals surface area contributed by atoms with Crippen molar-refractivity contribution in [3.05, 3.63) is 58.1 Å². The molecule has 0 aliphatic rings. The van der Waals surface area contributed by atoms with Gasteiger partial charge in [-0.1, -0.05) is 35.3 Å². The molecule has 0 radical (unpaired) electrons. The molecule has 2 aromatic rings. The molecule has 0 saturated heterocycles. The number of hydrogen-bond acceptors (Lipinski definition) is 2. The van der Waals surface area contributed by atoms with Crippen molar-refractivity contribution in [3.63, 3.8) is 0 Å². The zero-order valence-corrected chi connectivity index (χ0v) is 14.0. The minimum absolute atomic E-state index is 0.269. The number of para-hydroxylation sites is 1. The smallest absolute Gasteiger partial charge is 0.326 e. The molecule has 0 fully saturated rings. The molecule has 0 aliphatic heterocycles. The van der Waals surface area contributed by atoms with Gasteiger partial charge in [0, 0.05) is 15.7 Å². The van der Waals surface area contributed by atoms with E-state index in [0.29, 0.717) is 0 Å². The van der Waals surface area contributed by atoms with Crippen LogP contribution in [0.2, 0.25) is 10.0 Å². The Kier molecular flexibility index (Phi) is 5.92. The Morgan fingerprint density at radius 1 is 0.920 bits per heavy atom. The van der Waals surface area contributed by atoms with Gasteiger partial charge < -0.3 is 10.6 Å². The summed E-state index contributed by atoms with van der Waals surface area (Å²) in [5.74, 6) is -1.61. The first-order chi connectivity index (χ1) is 11.6. The largest absolute Gasteiger partial charge is 0.418 e. The maximum atomic E-state index is 12.9. The lowest BCUT2D eigenvalue weighted by Crippen LogP contribution is -2.22. The first-order valence-corrected chi connectivity index (χ1v) is 7.63. The second-order valence-corrected chi connectivity index (χ2v) is 5.85. The number of carbonyl (C=O) groups is 2. The normalized spacial score (nSPS) is 11.1. The van der Waals surface area contributed by atoms with Crippen LogP contribution in [0.3, 0.4) is 0 Å². The number of anilines is 2. The summed E-state index contributed by atoms with van der Waals surface area (Å²) >= 11 is 11.6. The van der Waals surface area contributed by atoms with Crippen molar-refractivity contribution in [2.75, 3.05) is 10.6 Å². The molecular weight excluding hydrogens is 380 g/mol. The molecule has 0 atom stereocenters. The molecular formula is C16H11Cl2F3N2O2. The van der Waals surface area contributed by atoms with Crippen LogP contribution in [0.4, 0.5) is 24.5 Å². The number of hydrogen-bond donors (Lipinski definition) is 2. The molecule has 0 aliphatic carbocycles. The lowest BCUT2D eigenvalue weighted by atomic mass is 10.1. The van der Waals surface area contributed by atoms with Crippen molar-refractivity contribution in [3.8, 4) is 0 Å². The quantitative estimate of drug-likeness (QED) is 0.723. The molecule has 9 heteroatoms. The number of carbonyl (C=O) groups excluding carboxylic acids is 2. The molecule has 0 unspecified atom stereocenters. The third kappa shape index (κ3) is 5.65. The molecule has 132 valence electrons. The first kappa shape index (κ1) is 19.1. The number of rotatable bonds is 4. The van der Waals surface area contributed by atoms with E-state index in [9.17, 15) is 22.8 Å². The fourth-order valence-electron chi connectivity index (χ4n) is 2.01. The molecule has 25 heavy (non-hydrogen) atoms. The second-order valence-electron chi connectivity index (χ2n) is 4.97. The van der Waals surface area contributed by atoms with Crippen LogP contribution in [0.15, 0.2) is 42.5 Å². The average Bonchev–Trinajstić information content (AvgIpc) is 2.44. The maximum Gasteiger partial charge on any atom is 0.418 e. The summed E-state index contributed by atoms with van der Waals surface area (Å²) in [4.78, 5) is 23.7. The predicted octanol–water partition coefficient (Wildman–Crippen LogP) is 4.98. The summed E-state index contributed by atoms with van der Waals surface area (Å²) < 4.78 is 38.6. The minimum atomic E-state index is -4.62. The average molecular weight is 391 g/mol. The Labute approximate surface area is 150 Å². The van der Waals surface area contributed by atoms with Crippen LogP contribution in [0.5, 0.6) is 0 Å². The summed E-state index contributed by atoms with van der Waals surface area (Å²) in [6.45, 7) is 0. The van der Waals surface area contributed by atoms with Gasteiger partial charge in [-0.3, -0.25) is 9.59 Å². The predicted molar refractivity (Wildman–Crippen MR) is 89.8 cm³/mol. The minimum Gasteiger partial charge on any atom is -0.326 e. The highest BCUT2D eigenvalue weighted by Crippen LogP contribution is 2.34. The fraction of sp³-hybridized carbons (Fsp3) is 0.125. The zero-order valence-electron chi connectivity index (χ0n) is 12.5. The van der Waals surface area contributed by atoms with Gasteiger partial charge in [-0.05, 0) is 30.3 Å². The lowest BCUT2D eigenvalue weighted by Gasteiger charge is -2.13. The van der Waals surface area contributed by atoms with E-state index in [2.05, 4.69) is 10.6 Å². The van der Waals surface area contributed by atoms with Crippen LogP contribution in [0.1, 0.15) is 12.0 Å². The molecule has 2 N–H and O–H groups in total. The molecule has 0 bridgehead atoms. The van der Waals surface area contributed by atoms with E-state index in [1.165, 1.54) is 30.3 Å². The number of halogens is 5. The maximum absolute atomic E-state index is 12.9. The third-order valence-electron chi connectivity index (χ3n) is 2.97. The highest BCUT2D eigenvalue weighted by atomic mass is 35.5. The van der Waals surface area contributed by atoms with Gasteiger partial charge in [0.2, 0.25) is 11.8 Å². The van der Waals surface area contributed by atoms with Gasteiger partial charge >= 0.3 is 6.18 Å². The number of benzene rings is 2. The Bertz CT molecular complexity index is 790. The Morgan fingerprint density at radius 2 is 1.48 bits per heavy atom. The summed E-state index contributed by atoms with van der Waals surface area (Å²) in [5.41, 5.74) is -1.14. The van der Waals surface area contributed by atoms with Gasteiger partial charge in [-0.15, -0.1) is 0 Å². The molecule has 0 aromatic heterocycles. The van der Waals surface area contributed by atoms with Crippen molar-refractivity contribution >= 4 is 46.4 Å². The van der Waals surface area contributed by atoms with Gasteiger partial charge in [0.1, 0.15) is 6.42 Å². The SMILES string of the molecule is O=C(CC(=O)Nc1ccccc1C(F)(F)F)Nc1cc(Cl)cc(Cl)c1. The fourth-order valence-corrected chi connectivity index (χ4v) is 2.54. The molecule has 0 heterocycles. The Balaban J connectivity index is 2.02. The number of amides is 2. The van der Waals surface area contributed by atoms with Gasteiger partial charge in [-0.2, -0.15) is 13.2 Å². The van der Waals surface area contributed by atoms with Crippen molar-refractivity contribution in [2.45, 2.75) is 12.6 Å². The van der Waals surface area contributed by atoms with E-state index >= 15 is 0 Å². The van der Waals surface area contributed by atoms with Crippen molar-refractivity contribution in [2.24, 2.45) is 0 Å². The molecule has 2 aromatic carbocycles. The Hall–Kier alpha value is -2.25. The number of nitrogens with one attached hydrogen (secondary N) is 2. The monoisotopic (exact) mass is 390 g/mol. The van der Waals surface area contributed by atoms with Crippen LogP contribution in [-0.2, 0) is 15.8 Å². The summed E-state index contributed by atoms with van der Waals surface area (Å²) in [6.07, 6.45) is -5.29. The molecule has 0 saturated carbocycles. The van der Waals surface area contributed by atoms with E-state index in [1.807, 2.05) is 0 Å². The van der Waals surface area contributed by atoms with Crippen molar-refractivity contribution < 1.29 is 22.8 Å². The van der Waals surface area contributed by atoms with Crippen LogP contribution in [-0.4, -0.2) is 11.8 Å². The van der Waals surface area contributed by atoms with E-state index < -0.39 is 35.7 Å². The summed E-state index contributed by atoms with van der Waals surface area (Å²) in [6, 6.07) is 8.79. The molecule has 0 spiro atoms. The highest BCUT2D eigenvalue weighted by Gasteiger charge is 2.33. The van der Waals surface area contributed by atoms with Gasteiger partial charge in [-0.25, -0.2) is 0 Å². The van der Waals surface area contributed by atoms with Crippen LogP contribution in [0.25, 0.3) is 0 Å². The zero-order chi connectivity index (χ0) is 18.6. The van der Waals surface area contributed by atoms with E-state index in [0.717, 1.165) is 12.1 Å². The van der Waals surface area contributed by atoms with E-state index in [4.69, 9.17) is 23.2 Å². The lowest BCUT2D eigenvalue weighted by molar-refractivity contribution is -0.137. The van der Waals surface area contributed by atoms with Gasteiger partial charge in [0.15, 0.2) is 0 Å². The van der Waals surface area contributed by atoms with E-state index in [-0.39, 0.29) is 15.7 Å². The standard InChI is InChI=1S/C16H11Cl2F3N2O2/c17-9-5-10(18)7-11(6-9)22-14(24)8-15(25)23-13-4-2-1-3-12(13)16(19,20)21/h1-7H,8H2,(H,22,24)(H,23,25). The van der Waals surface area contributed by atoms with Crippen LogP contribution < -0.4 is 10.6 Å². The van der Waals surface area contributed by atoms with E-state index in [1.54, 1.807) is 0 Å². The highest BCUT2D eigenvalue weighted by molar-refractivity contribution is 6.35. The second kappa shape index (κ2) is 7.76. The first-order valence-electron chi connectivity index (χ1n) is 6.87. The summed E-state index contributed by atoms with van der Waals surface area (Å²) in [7, 11) is 0. The van der Waals surface area contributed by atoms with Crippen molar-refractivity contribution in [1.82, 2.24) is 0 Å². The molecule has 2 rings (SSSR count). The van der Waals surface area contributed by atoms with Gasteiger partial charge in [0.25, 0.3) is 0 Å².